The van der Waals surface area contributed by atoms with E-state index in [1.807, 2.05) is 48.1 Å². The van der Waals surface area contributed by atoms with E-state index in [1.54, 1.807) is 42.7 Å². The summed E-state index contributed by atoms with van der Waals surface area (Å²) in [6, 6.07) is 13.1. The number of hydrogen-bond donors (Lipinski definition) is 1. The molecule has 5 rings (SSSR count). The van der Waals surface area contributed by atoms with Crippen molar-refractivity contribution < 1.29 is 14.6 Å². The Morgan fingerprint density at radius 1 is 1.19 bits per heavy atom. The summed E-state index contributed by atoms with van der Waals surface area (Å²) in [6.07, 6.45) is 9.53. The average Bonchev–Trinajstić information content (AvgIpc) is 3.34. The van der Waals surface area contributed by atoms with Crippen LogP contribution in [0.2, 0.25) is 0 Å². The summed E-state index contributed by atoms with van der Waals surface area (Å²) in [5.41, 5.74) is 5.43. The first kappa shape index (κ1) is 23.5. The Bertz CT molecular complexity index is 1370. The van der Waals surface area contributed by atoms with Crippen LogP contribution in [0.3, 0.4) is 0 Å². The topological polar surface area (TPSA) is 93.4 Å². The van der Waals surface area contributed by atoms with Gasteiger partial charge in [-0.05, 0) is 67.1 Å². The Labute approximate surface area is 210 Å². The summed E-state index contributed by atoms with van der Waals surface area (Å²) in [5.74, 6) is 0.377. The van der Waals surface area contributed by atoms with E-state index in [4.69, 9.17) is 4.74 Å². The van der Waals surface area contributed by atoms with Crippen LogP contribution in [0.4, 0.5) is 5.69 Å². The monoisotopic (exact) mass is 483 g/mol. The summed E-state index contributed by atoms with van der Waals surface area (Å²) < 4.78 is 7.04. The van der Waals surface area contributed by atoms with Crippen LogP contribution >= 0.6 is 0 Å². The van der Waals surface area contributed by atoms with Crippen LogP contribution in [0.1, 0.15) is 46.7 Å². The third-order valence-corrected chi connectivity index (χ3v) is 6.61. The maximum Gasteiger partial charge on any atom is 0.234 e. The largest absolute Gasteiger partial charge is 0.508 e. The lowest BCUT2D eigenvalue weighted by atomic mass is 9.81. The smallest absolute Gasteiger partial charge is 0.234 e. The second kappa shape index (κ2) is 10.2. The normalized spacial score (nSPS) is 14.8. The molecule has 184 valence electrons. The van der Waals surface area contributed by atoms with Gasteiger partial charge in [-0.15, -0.1) is 0 Å². The number of aromatic nitrogens is 4. The van der Waals surface area contributed by atoms with Gasteiger partial charge >= 0.3 is 0 Å². The van der Waals surface area contributed by atoms with Gasteiger partial charge < -0.3 is 14.7 Å². The summed E-state index contributed by atoms with van der Waals surface area (Å²) in [5, 5.41) is 14.9. The van der Waals surface area contributed by atoms with E-state index in [0.29, 0.717) is 24.7 Å². The predicted molar refractivity (Wildman–Crippen MR) is 136 cm³/mol. The molecule has 3 aromatic heterocycles. The van der Waals surface area contributed by atoms with Gasteiger partial charge in [0.25, 0.3) is 0 Å². The zero-order valence-corrected chi connectivity index (χ0v) is 20.5. The lowest BCUT2D eigenvalue weighted by molar-refractivity contribution is -0.120. The second-order valence-electron chi connectivity index (χ2n) is 9.14. The molecule has 1 aliphatic carbocycles. The molecule has 0 saturated carbocycles. The Morgan fingerprint density at radius 3 is 2.86 bits per heavy atom. The Kier molecular flexibility index (Phi) is 6.66. The fourth-order valence-electron chi connectivity index (χ4n) is 4.83. The highest BCUT2D eigenvalue weighted by atomic mass is 16.5. The number of aromatic hydroxyl groups is 1. The third-order valence-electron chi connectivity index (χ3n) is 6.61. The number of hydrogen-bond acceptors (Lipinski definition) is 6. The first-order valence-electron chi connectivity index (χ1n) is 12.1. The Balaban J connectivity index is 1.44. The van der Waals surface area contributed by atoms with E-state index in [2.05, 4.69) is 15.1 Å². The molecule has 0 bridgehead atoms. The zero-order chi connectivity index (χ0) is 25.1. The molecule has 8 nitrogen and oxygen atoms in total. The molecule has 1 aliphatic rings. The van der Waals surface area contributed by atoms with Crippen molar-refractivity contribution in [2.45, 2.75) is 45.2 Å². The number of phenols is 1. The number of amides is 1. The number of aryl methyl sites for hydroxylation is 1. The Hall–Kier alpha value is -4.20. The minimum atomic E-state index is -0.338. The van der Waals surface area contributed by atoms with Crippen molar-refractivity contribution in [2.75, 3.05) is 12.0 Å². The summed E-state index contributed by atoms with van der Waals surface area (Å²) in [6.45, 7) is 2.93. The van der Waals surface area contributed by atoms with Crippen LogP contribution in [-0.2, 0) is 24.3 Å². The predicted octanol–water partition coefficient (Wildman–Crippen LogP) is 4.40. The molecule has 1 atom stereocenters. The number of nitrogens with zero attached hydrogens (tertiary/aromatic N) is 5. The van der Waals surface area contributed by atoms with Crippen molar-refractivity contribution in [1.29, 1.82) is 0 Å². The zero-order valence-electron chi connectivity index (χ0n) is 20.5. The molecule has 0 spiro atoms. The number of fused-ring (bicyclic) bond motifs is 1. The molecule has 1 amide bonds. The van der Waals surface area contributed by atoms with Crippen molar-refractivity contribution in [2.24, 2.45) is 0 Å². The lowest BCUT2D eigenvalue weighted by Crippen LogP contribution is -2.36. The number of ether oxygens (including phenoxy) is 1. The van der Waals surface area contributed by atoms with Crippen LogP contribution in [-0.4, -0.2) is 37.9 Å². The number of benzene rings is 1. The molecule has 4 aromatic rings. The van der Waals surface area contributed by atoms with Crippen LogP contribution in [0, 0.1) is 6.92 Å². The first-order valence-corrected chi connectivity index (χ1v) is 12.1. The van der Waals surface area contributed by atoms with Crippen LogP contribution in [0.5, 0.6) is 11.6 Å². The van der Waals surface area contributed by atoms with Crippen LogP contribution < -0.4 is 9.64 Å². The van der Waals surface area contributed by atoms with Gasteiger partial charge in [-0.25, -0.2) is 4.98 Å². The molecule has 1 unspecified atom stereocenters. The van der Waals surface area contributed by atoms with E-state index in [0.717, 1.165) is 47.2 Å². The van der Waals surface area contributed by atoms with Crippen molar-refractivity contribution in [3.8, 4) is 11.6 Å². The minimum absolute atomic E-state index is 0.0263. The lowest BCUT2D eigenvalue weighted by Gasteiger charge is -2.31. The van der Waals surface area contributed by atoms with Crippen LogP contribution in [0.15, 0.2) is 67.3 Å². The first-order chi connectivity index (χ1) is 17.5. The minimum Gasteiger partial charge on any atom is -0.508 e. The number of carbonyl (C=O) groups excluding carboxylic acids is 1. The fraction of sp³-hybridized carbons (Fsp3) is 0.286. The standard InChI is InChI=1S/C28H29N5O3/c1-19-11-12-29-21(13-19)18-32-16-20(14-31-32)17-33(22-9-10-27(36-2)30-15-22)28(35)25-7-3-6-24-23(25)5-4-8-26(24)34/h4-5,8-16,25,34H,3,6-7,17-18H2,1-2H3. The summed E-state index contributed by atoms with van der Waals surface area (Å²) in [7, 11) is 1.56. The van der Waals surface area contributed by atoms with E-state index in [9.17, 15) is 9.90 Å². The highest BCUT2D eigenvalue weighted by Gasteiger charge is 2.32. The van der Waals surface area contributed by atoms with E-state index in [-0.39, 0.29) is 17.6 Å². The van der Waals surface area contributed by atoms with E-state index >= 15 is 0 Å². The number of methoxy groups -OCH3 is 1. The molecule has 8 heteroatoms. The average molecular weight is 484 g/mol. The fourth-order valence-corrected chi connectivity index (χ4v) is 4.83. The second-order valence-corrected chi connectivity index (χ2v) is 9.14. The molecular weight excluding hydrogens is 454 g/mol. The van der Waals surface area contributed by atoms with Crippen molar-refractivity contribution >= 4 is 11.6 Å². The van der Waals surface area contributed by atoms with Gasteiger partial charge in [-0.2, -0.15) is 5.10 Å². The SMILES string of the molecule is COc1ccc(N(Cc2cnn(Cc3cc(C)ccn3)c2)C(=O)C2CCCc3c(O)cccc32)cn1. The number of pyridine rings is 2. The molecule has 0 radical (unpaired) electrons. The molecule has 0 fully saturated rings. The van der Waals surface area contributed by atoms with Gasteiger partial charge in [-0.1, -0.05) is 12.1 Å². The number of phenolic OH excluding ortho intramolecular Hbond substituents is 1. The molecule has 36 heavy (non-hydrogen) atoms. The highest BCUT2D eigenvalue weighted by Crippen LogP contribution is 2.38. The quantitative estimate of drug-likeness (QED) is 0.419. The molecule has 1 N–H and O–H groups in total. The van der Waals surface area contributed by atoms with Gasteiger partial charge in [0.15, 0.2) is 0 Å². The number of anilines is 1. The van der Waals surface area contributed by atoms with Gasteiger partial charge in [0.05, 0.1) is 49.9 Å². The molecule has 1 aromatic carbocycles. The van der Waals surface area contributed by atoms with Gasteiger partial charge in [-0.3, -0.25) is 14.5 Å². The maximum absolute atomic E-state index is 14.0. The molecule has 0 saturated heterocycles. The summed E-state index contributed by atoms with van der Waals surface area (Å²) >= 11 is 0. The van der Waals surface area contributed by atoms with E-state index < -0.39 is 0 Å². The number of carbonyl (C=O) groups is 1. The van der Waals surface area contributed by atoms with Gasteiger partial charge in [0, 0.05) is 24.0 Å². The number of rotatable bonds is 7. The van der Waals surface area contributed by atoms with Crippen molar-refractivity contribution in [3.05, 3.63) is 95.2 Å². The maximum atomic E-state index is 14.0. The van der Waals surface area contributed by atoms with Crippen LogP contribution in [0.25, 0.3) is 0 Å². The highest BCUT2D eigenvalue weighted by molar-refractivity contribution is 5.98. The Morgan fingerprint density at radius 2 is 2.08 bits per heavy atom. The summed E-state index contributed by atoms with van der Waals surface area (Å²) in [4.78, 5) is 24.5. The van der Waals surface area contributed by atoms with E-state index in [1.165, 1.54) is 0 Å². The molecular formula is C28H29N5O3. The van der Waals surface area contributed by atoms with Gasteiger partial charge in [0.2, 0.25) is 11.8 Å². The third kappa shape index (κ3) is 4.93. The molecule has 3 heterocycles. The van der Waals surface area contributed by atoms with Crippen molar-refractivity contribution in [1.82, 2.24) is 19.7 Å². The molecule has 0 aliphatic heterocycles. The van der Waals surface area contributed by atoms with Gasteiger partial charge in [0.1, 0.15) is 5.75 Å². The van der Waals surface area contributed by atoms with Crippen molar-refractivity contribution in [3.63, 3.8) is 0 Å².